The molecule has 0 aliphatic carbocycles. The van der Waals surface area contributed by atoms with Crippen molar-refractivity contribution in [2.45, 2.75) is 24.3 Å². The number of carboxylic acid groups (broad SMARTS) is 1. The van der Waals surface area contributed by atoms with Crippen molar-refractivity contribution >= 4 is 22.1 Å². The number of carboxylic acids is 1. The number of hydrogen-bond donors (Lipinski definition) is 2. The standard InChI is InChI=1S/C14H15NO4S/c1-4-14(2,3)15-20(18,19)12-8-5-11(6-9-12)7-10-13(16)17/h1,5-10,15H,2-3H3,(H,16,17). The van der Waals surface area contributed by atoms with Crippen molar-refractivity contribution < 1.29 is 18.3 Å². The lowest BCUT2D eigenvalue weighted by Gasteiger charge is -2.19. The van der Waals surface area contributed by atoms with Crippen LogP contribution in [0.15, 0.2) is 35.2 Å². The van der Waals surface area contributed by atoms with Crippen LogP contribution in [0.25, 0.3) is 6.08 Å². The molecule has 0 aliphatic heterocycles. The molecule has 0 heterocycles. The number of hydrogen-bond acceptors (Lipinski definition) is 3. The summed E-state index contributed by atoms with van der Waals surface area (Å²) < 4.78 is 26.5. The average molecular weight is 293 g/mol. The molecule has 0 unspecified atom stereocenters. The van der Waals surface area contributed by atoms with Gasteiger partial charge in [-0.25, -0.2) is 13.2 Å². The van der Waals surface area contributed by atoms with Crippen molar-refractivity contribution in [2.75, 3.05) is 0 Å². The molecule has 5 nitrogen and oxygen atoms in total. The summed E-state index contributed by atoms with van der Waals surface area (Å²) in [5, 5.41) is 8.50. The largest absolute Gasteiger partial charge is 0.478 e. The van der Waals surface area contributed by atoms with E-state index in [1.54, 1.807) is 13.8 Å². The van der Waals surface area contributed by atoms with E-state index in [2.05, 4.69) is 10.6 Å². The van der Waals surface area contributed by atoms with Gasteiger partial charge in [-0.1, -0.05) is 18.1 Å². The highest BCUT2D eigenvalue weighted by molar-refractivity contribution is 7.89. The fourth-order valence-corrected chi connectivity index (χ4v) is 2.69. The minimum atomic E-state index is -3.71. The molecule has 2 N–H and O–H groups in total. The second-order valence-corrected chi connectivity index (χ2v) is 6.30. The zero-order valence-corrected chi connectivity index (χ0v) is 11.9. The van der Waals surface area contributed by atoms with E-state index in [0.717, 1.165) is 6.08 Å². The van der Waals surface area contributed by atoms with Crippen LogP contribution in [0, 0.1) is 12.3 Å². The Morgan fingerprint density at radius 3 is 2.35 bits per heavy atom. The molecular weight excluding hydrogens is 278 g/mol. The highest BCUT2D eigenvalue weighted by atomic mass is 32.2. The minimum Gasteiger partial charge on any atom is -0.478 e. The van der Waals surface area contributed by atoms with Crippen LogP contribution in [0.4, 0.5) is 0 Å². The summed E-state index contributed by atoms with van der Waals surface area (Å²) in [5.41, 5.74) is -0.400. The Kier molecular flexibility index (Phi) is 4.71. The summed E-state index contributed by atoms with van der Waals surface area (Å²) in [4.78, 5) is 10.4. The first kappa shape index (κ1) is 16.0. The lowest BCUT2D eigenvalue weighted by Crippen LogP contribution is -2.41. The number of rotatable bonds is 5. The van der Waals surface area contributed by atoms with Gasteiger partial charge in [-0.2, -0.15) is 4.72 Å². The van der Waals surface area contributed by atoms with Crippen molar-refractivity contribution in [2.24, 2.45) is 0 Å². The highest BCUT2D eigenvalue weighted by Gasteiger charge is 2.23. The molecule has 0 radical (unpaired) electrons. The zero-order chi connectivity index (χ0) is 15.4. The first-order chi connectivity index (χ1) is 9.16. The molecule has 0 fully saturated rings. The maximum atomic E-state index is 12.1. The average Bonchev–Trinajstić information content (AvgIpc) is 2.35. The molecule has 0 bridgehead atoms. The van der Waals surface area contributed by atoms with Gasteiger partial charge in [-0.15, -0.1) is 6.42 Å². The molecule has 0 aromatic heterocycles. The third-order valence-corrected chi connectivity index (χ3v) is 4.03. The van der Waals surface area contributed by atoms with E-state index in [-0.39, 0.29) is 4.90 Å². The molecule has 1 rings (SSSR count). The summed E-state index contributed by atoms with van der Waals surface area (Å²) >= 11 is 0. The van der Waals surface area contributed by atoms with Crippen molar-refractivity contribution in [3.8, 4) is 12.3 Å². The molecule has 0 saturated heterocycles. The summed E-state index contributed by atoms with van der Waals surface area (Å²) in [6, 6.07) is 5.79. The van der Waals surface area contributed by atoms with Gasteiger partial charge >= 0.3 is 5.97 Å². The smallest absolute Gasteiger partial charge is 0.328 e. The SMILES string of the molecule is C#CC(C)(C)NS(=O)(=O)c1ccc(C=CC(=O)O)cc1. The van der Waals surface area contributed by atoms with Gasteiger partial charge in [0.05, 0.1) is 10.4 Å². The Bertz CT molecular complexity index is 664. The van der Waals surface area contributed by atoms with Crippen LogP contribution in [0.2, 0.25) is 0 Å². The molecule has 0 atom stereocenters. The van der Waals surface area contributed by atoms with E-state index in [4.69, 9.17) is 11.5 Å². The Balaban J connectivity index is 2.99. The lowest BCUT2D eigenvalue weighted by molar-refractivity contribution is -0.131. The van der Waals surface area contributed by atoms with Gasteiger partial charge in [-0.3, -0.25) is 0 Å². The topological polar surface area (TPSA) is 83.5 Å². The van der Waals surface area contributed by atoms with Gasteiger partial charge in [0.15, 0.2) is 0 Å². The van der Waals surface area contributed by atoms with Crippen molar-refractivity contribution in [1.82, 2.24) is 4.72 Å². The third-order valence-electron chi connectivity index (χ3n) is 2.36. The summed E-state index contributed by atoms with van der Waals surface area (Å²) in [5.74, 6) is 1.27. The Labute approximate surface area is 118 Å². The third kappa shape index (κ3) is 4.53. The maximum Gasteiger partial charge on any atom is 0.328 e. The first-order valence-corrected chi connectivity index (χ1v) is 7.17. The normalized spacial score (nSPS) is 12.2. The molecule has 20 heavy (non-hydrogen) atoms. The van der Waals surface area contributed by atoms with Crippen LogP contribution in [0.3, 0.4) is 0 Å². The van der Waals surface area contributed by atoms with E-state index >= 15 is 0 Å². The van der Waals surface area contributed by atoms with Gasteiger partial charge in [-0.05, 0) is 37.6 Å². The number of carbonyl (C=O) groups is 1. The number of benzene rings is 1. The van der Waals surface area contributed by atoms with Crippen LogP contribution in [0.5, 0.6) is 0 Å². The van der Waals surface area contributed by atoms with Gasteiger partial charge in [0.25, 0.3) is 0 Å². The van der Waals surface area contributed by atoms with Gasteiger partial charge in [0, 0.05) is 6.08 Å². The molecule has 0 amide bonds. The van der Waals surface area contributed by atoms with Gasteiger partial charge in [0.2, 0.25) is 10.0 Å². The predicted octanol–water partition coefficient (Wildman–Crippen LogP) is 1.47. The number of terminal acetylenes is 1. The minimum absolute atomic E-state index is 0.0632. The van der Waals surface area contributed by atoms with Gasteiger partial charge in [0.1, 0.15) is 0 Å². The predicted molar refractivity (Wildman–Crippen MR) is 76.3 cm³/mol. The van der Waals surface area contributed by atoms with Crippen LogP contribution in [-0.2, 0) is 14.8 Å². The molecule has 0 aliphatic rings. The van der Waals surface area contributed by atoms with Crippen LogP contribution in [0.1, 0.15) is 19.4 Å². The van der Waals surface area contributed by atoms with E-state index < -0.39 is 21.5 Å². The fraction of sp³-hybridized carbons (Fsp3) is 0.214. The van der Waals surface area contributed by atoms with Crippen molar-refractivity contribution in [3.05, 3.63) is 35.9 Å². The monoisotopic (exact) mass is 293 g/mol. The van der Waals surface area contributed by atoms with Gasteiger partial charge < -0.3 is 5.11 Å². The Hall–Kier alpha value is -2.10. The molecule has 0 spiro atoms. The number of aliphatic carboxylic acids is 1. The van der Waals surface area contributed by atoms with E-state index in [0.29, 0.717) is 5.56 Å². The lowest BCUT2D eigenvalue weighted by atomic mass is 10.1. The Morgan fingerprint density at radius 2 is 1.90 bits per heavy atom. The molecule has 1 aromatic rings. The number of sulfonamides is 1. The van der Waals surface area contributed by atoms with Crippen molar-refractivity contribution in [1.29, 1.82) is 0 Å². The molecule has 106 valence electrons. The molecule has 0 saturated carbocycles. The molecular formula is C14H15NO4S. The fourth-order valence-electron chi connectivity index (χ4n) is 1.35. The van der Waals surface area contributed by atoms with Crippen LogP contribution in [-0.4, -0.2) is 25.0 Å². The summed E-state index contributed by atoms with van der Waals surface area (Å²) in [6.07, 6.45) is 7.59. The second-order valence-electron chi connectivity index (χ2n) is 4.62. The Morgan fingerprint density at radius 1 is 1.35 bits per heavy atom. The van der Waals surface area contributed by atoms with E-state index in [1.165, 1.54) is 30.3 Å². The van der Waals surface area contributed by atoms with E-state index in [1.807, 2.05) is 0 Å². The summed E-state index contributed by atoms with van der Waals surface area (Å²) in [6.45, 7) is 3.16. The highest BCUT2D eigenvalue weighted by Crippen LogP contribution is 2.14. The summed E-state index contributed by atoms with van der Waals surface area (Å²) in [7, 11) is -3.71. The second kappa shape index (κ2) is 5.90. The molecule has 6 heteroatoms. The van der Waals surface area contributed by atoms with Crippen molar-refractivity contribution in [3.63, 3.8) is 0 Å². The first-order valence-electron chi connectivity index (χ1n) is 5.69. The quantitative estimate of drug-likeness (QED) is 0.636. The zero-order valence-electron chi connectivity index (χ0n) is 11.1. The molecule has 1 aromatic carbocycles. The maximum absolute atomic E-state index is 12.1. The van der Waals surface area contributed by atoms with Crippen LogP contribution >= 0.6 is 0 Å². The van der Waals surface area contributed by atoms with E-state index in [9.17, 15) is 13.2 Å². The number of nitrogens with one attached hydrogen (secondary N) is 1. The van der Waals surface area contributed by atoms with Crippen LogP contribution < -0.4 is 4.72 Å².